The van der Waals surface area contributed by atoms with Gasteiger partial charge in [0.2, 0.25) is 0 Å². The van der Waals surface area contributed by atoms with Crippen molar-refractivity contribution >= 4 is 39.8 Å². The van der Waals surface area contributed by atoms with Crippen molar-refractivity contribution in [3.05, 3.63) is 17.3 Å². The van der Waals surface area contributed by atoms with E-state index in [-0.39, 0.29) is 12.4 Å². The first-order valence-corrected chi connectivity index (χ1v) is 8.30. The van der Waals surface area contributed by atoms with Crippen LogP contribution >= 0.6 is 23.7 Å². The van der Waals surface area contributed by atoms with Crippen LogP contribution in [0.2, 0.25) is 0 Å². The van der Waals surface area contributed by atoms with Gasteiger partial charge in [-0.2, -0.15) is 0 Å². The van der Waals surface area contributed by atoms with E-state index in [2.05, 4.69) is 33.2 Å². The Morgan fingerprint density at radius 1 is 1.38 bits per heavy atom. The van der Waals surface area contributed by atoms with Gasteiger partial charge >= 0.3 is 0 Å². The largest absolute Gasteiger partial charge is 0.355 e. The molecule has 6 heteroatoms. The van der Waals surface area contributed by atoms with E-state index >= 15 is 0 Å². The second-order valence-electron chi connectivity index (χ2n) is 6.08. The first-order valence-electron chi connectivity index (χ1n) is 7.49. The zero-order chi connectivity index (χ0) is 13.6. The average Bonchev–Trinajstić information content (AvgIpc) is 3.19. The first kappa shape index (κ1) is 15.0. The predicted octanol–water partition coefficient (Wildman–Crippen LogP) is 2.87. The quantitative estimate of drug-likeness (QED) is 0.922. The second kappa shape index (κ2) is 5.71. The highest BCUT2D eigenvalue weighted by atomic mass is 35.5. The number of rotatable bonds is 2. The molecule has 2 fully saturated rings. The third-order valence-corrected chi connectivity index (χ3v) is 6.03. The Morgan fingerprint density at radius 3 is 3.05 bits per heavy atom. The van der Waals surface area contributed by atoms with E-state index in [1.54, 1.807) is 6.33 Å². The van der Waals surface area contributed by atoms with Crippen LogP contribution in [0.5, 0.6) is 0 Å². The van der Waals surface area contributed by atoms with Gasteiger partial charge in [0.1, 0.15) is 12.1 Å². The van der Waals surface area contributed by atoms with Crippen molar-refractivity contribution < 1.29 is 0 Å². The van der Waals surface area contributed by atoms with Gasteiger partial charge in [0, 0.05) is 29.9 Å². The van der Waals surface area contributed by atoms with Crippen molar-refractivity contribution in [2.45, 2.75) is 26.2 Å². The maximum Gasteiger partial charge on any atom is 0.150 e. The van der Waals surface area contributed by atoms with Crippen molar-refractivity contribution in [3.8, 4) is 0 Å². The number of halogens is 1. The fourth-order valence-electron chi connectivity index (χ4n) is 3.55. The highest BCUT2D eigenvalue weighted by molar-refractivity contribution is 7.19. The van der Waals surface area contributed by atoms with E-state index in [9.17, 15) is 0 Å². The number of hydrogen-bond donors (Lipinski definition) is 1. The van der Waals surface area contributed by atoms with Crippen molar-refractivity contribution in [2.75, 3.05) is 31.1 Å². The van der Waals surface area contributed by atoms with Crippen molar-refractivity contribution in [2.24, 2.45) is 5.41 Å². The third kappa shape index (κ3) is 2.51. The van der Waals surface area contributed by atoms with Crippen LogP contribution in [-0.2, 0) is 6.42 Å². The van der Waals surface area contributed by atoms with Gasteiger partial charge in [0.15, 0.2) is 0 Å². The zero-order valence-corrected chi connectivity index (χ0v) is 13.9. The van der Waals surface area contributed by atoms with Crippen LogP contribution in [0.4, 0.5) is 5.82 Å². The summed E-state index contributed by atoms with van der Waals surface area (Å²) in [5, 5.41) is 3.52. The molecule has 1 spiro atoms. The molecule has 4 heterocycles. The number of hydrogen-bond acceptors (Lipinski definition) is 5. The predicted molar refractivity (Wildman–Crippen MR) is 90.8 cm³/mol. The number of fused-ring (bicyclic) bond motifs is 1. The fraction of sp³-hybridized carbons (Fsp3) is 0.600. The van der Waals surface area contributed by atoms with Gasteiger partial charge in [-0.05, 0) is 31.9 Å². The summed E-state index contributed by atoms with van der Waals surface area (Å²) in [7, 11) is 0. The molecule has 2 aromatic heterocycles. The smallest absolute Gasteiger partial charge is 0.150 e. The number of nitrogens with one attached hydrogen (secondary N) is 1. The van der Waals surface area contributed by atoms with Gasteiger partial charge in [0.05, 0.1) is 10.2 Å². The third-order valence-electron chi connectivity index (χ3n) is 4.76. The lowest BCUT2D eigenvalue weighted by Crippen LogP contribution is -2.29. The van der Waals surface area contributed by atoms with E-state index in [0.717, 1.165) is 30.8 Å². The molecule has 4 rings (SSSR count). The van der Waals surface area contributed by atoms with Crippen LogP contribution in [0, 0.1) is 5.41 Å². The number of nitrogens with zero attached hydrogens (tertiary/aromatic N) is 3. The molecule has 0 amide bonds. The molecule has 0 saturated carbocycles. The van der Waals surface area contributed by atoms with Crippen molar-refractivity contribution in [1.29, 1.82) is 0 Å². The molecule has 1 N–H and O–H groups in total. The molecule has 1 unspecified atom stereocenters. The first-order chi connectivity index (χ1) is 9.80. The fourth-order valence-corrected chi connectivity index (χ4v) is 4.62. The Morgan fingerprint density at radius 2 is 2.29 bits per heavy atom. The van der Waals surface area contributed by atoms with Crippen molar-refractivity contribution in [1.82, 2.24) is 15.3 Å². The summed E-state index contributed by atoms with van der Waals surface area (Å²) in [6.45, 7) is 6.82. The highest BCUT2D eigenvalue weighted by Crippen LogP contribution is 2.40. The summed E-state index contributed by atoms with van der Waals surface area (Å²) in [6.07, 6.45) is 5.40. The molecule has 4 nitrogen and oxygen atoms in total. The Labute approximate surface area is 135 Å². The monoisotopic (exact) mass is 324 g/mol. The molecule has 0 aromatic carbocycles. The normalized spacial score (nSPS) is 24.9. The Kier molecular flexibility index (Phi) is 4.08. The SMILES string of the molecule is CCc1cc2ncnc(N3CCC4(CCNC4)C3)c2s1.Cl. The van der Waals surface area contributed by atoms with E-state index < -0.39 is 0 Å². The Hall–Kier alpha value is -0.910. The van der Waals surface area contributed by atoms with Gasteiger partial charge < -0.3 is 10.2 Å². The van der Waals surface area contributed by atoms with Crippen LogP contribution in [0.1, 0.15) is 24.6 Å². The molecule has 2 aliphatic heterocycles. The minimum Gasteiger partial charge on any atom is -0.355 e. The topological polar surface area (TPSA) is 41.1 Å². The zero-order valence-electron chi connectivity index (χ0n) is 12.3. The molecular weight excluding hydrogens is 304 g/mol. The minimum absolute atomic E-state index is 0. The van der Waals surface area contributed by atoms with Gasteiger partial charge in [0.25, 0.3) is 0 Å². The number of thiophene rings is 1. The summed E-state index contributed by atoms with van der Waals surface area (Å²) in [5.74, 6) is 1.16. The van der Waals surface area contributed by atoms with Gasteiger partial charge in [-0.15, -0.1) is 23.7 Å². The molecular formula is C15H21ClN4S. The van der Waals surface area contributed by atoms with E-state index in [1.165, 1.54) is 35.5 Å². The average molecular weight is 325 g/mol. The maximum absolute atomic E-state index is 4.60. The summed E-state index contributed by atoms with van der Waals surface area (Å²) in [5.41, 5.74) is 1.60. The second-order valence-corrected chi connectivity index (χ2v) is 7.21. The molecule has 2 saturated heterocycles. The lowest BCUT2D eigenvalue weighted by Gasteiger charge is -2.23. The molecule has 2 aromatic rings. The van der Waals surface area contributed by atoms with E-state index in [1.807, 2.05) is 11.3 Å². The van der Waals surface area contributed by atoms with Crippen LogP contribution in [0.25, 0.3) is 10.2 Å². The molecule has 0 radical (unpaired) electrons. The minimum atomic E-state index is 0. The summed E-state index contributed by atoms with van der Waals surface area (Å²) in [4.78, 5) is 12.9. The number of aromatic nitrogens is 2. The van der Waals surface area contributed by atoms with Crippen LogP contribution in [-0.4, -0.2) is 36.1 Å². The Bertz CT molecular complexity index is 636. The van der Waals surface area contributed by atoms with Gasteiger partial charge in [-0.3, -0.25) is 0 Å². The molecule has 1 atom stereocenters. The van der Waals surface area contributed by atoms with Crippen molar-refractivity contribution in [3.63, 3.8) is 0 Å². The van der Waals surface area contributed by atoms with Crippen LogP contribution < -0.4 is 10.2 Å². The molecule has 114 valence electrons. The summed E-state index contributed by atoms with van der Waals surface area (Å²) >= 11 is 1.86. The number of anilines is 1. The van der Waals surface area contributed by atoms with Gasteiger partial charge in [-0.25, -0.2) is 9.97 Å². The lowest BCUT2D eigenvalue weighted by molar-refractivity contribution is 0.369. The maximum atomic E-state index is 4.60. The Balaban J connectivity index is 0.00000132. The lowest BCUT2D eigenvalue weighted by atomic mass is 9.87. The highest BCUT2D eigenvalue weighted by Gasteiger charge is 2.41. The summed E-state index contributed by atoms with van der Waals surface area (Å²) in [6, 6.07) is 2.22. The van der Waals surface area contributed by atoms with Crippen LogP contribution in [0.3, 0.4) is 0 Å². The standard InChI is InChI=1S/C15H20N4S.ClH/c1-2-11-7-12-13(20-11)14(18-10-17-12)19-6-4-15(9-19)3-5-16-8-15;/h7,10,16H,2-6,8-9H2,1H3;1H. The number of aryl methyl sites for hydroxylation is 1. The van der Waals surface area contributed by atoms with Gasteiger partial charge in [-0.1, -0.05) is 6.92 Å². The molecule has 0 bridgehead atoms. The molecule has 0 aliphatic carbocycles. The summed E-state index contributed by atoms with van der Waals surface area (Å²) < 4.78 is 1.27. The molecule has 2 aliphatic rings. The molecule has 21 heavy (non-hydrogen) atoms. The van der Waals surface area contributed by atoms with Crippen LogP contribution in [0.15, 0.2) is 12.4 Å². The van der Waals surface area contributed by atoms with E-state index in [4.69, 9.17) is 0 Å². The van der Waals surface area contributed by atoms with E-state index in [0.29, 0.717) is 5.41 Å².